The van der Waals surface area contributed by atoms with Crippen LogP contribution < -0.4 is 5.48 Å². The molecule has 0 amide bonds. The van der Waals surface area contributed by atoms with E-state index in [1.807, 2.05) is 0 Å². The van der Waals surface area contributed by atoms with E-state index in [0.29, 0.717) is 13.0 Å². The molecule has 1 saturated carbocycles. The van der Waals surface area contributed by atoms with Crippen molar-refractivity contribution < 1.29 is 15.1 Å². The lowest BCUT2D eigenvalue weighted by atomic mass is 9.95. The third-order valence-corrected chi connectivity index (χ3v) is 5.34. The zero-order chi connectivity index (χ0) is 16.5. The van der Waals surface area contributed by atoms with Crippen molar-refractivity contribution in [3.8, 4) is 0 Å². The molecule has 5 heteroatoms. The molecule has 3 atom stereocenters. The first kappa shape index (κ1) is 15.8. The van der Waals surface area contributed by atoms with Crippen molar-refractivity contribution in [2.24, 2.45) is 5.92 Å². The Balaban J connectivity index is 1.52. The Morgan fingerprint density at radius 1 is 1.21 bits per heavy atom. The first-order chi connectivity index (χ1) is 11.7. The lowest BCUT2D eigenvalue weighted by Crippen LogP contribution is -2.25. The van der Waals surface area contributed by atoms with Crippen LogP contribution in [-0.4, -0.2) is 34.0 Å². The largest absolute Gasteiger partial charge is 0.390 e. The number of aliphatic hydroxyl groups excluding tert-OH is 2. The van der Waals surface area contributed by atoms with Gasteiger partial charge in [-0.15, -0.1) is 0 Å². The zero-order valence-electron chi connectivity index (χ0n) is 13.7. The van der Waals surface area contributed by atoms with Gasteiger partial charge in [0, 0.05) is 5.39 Å². The third-order valence-electron chi connectivity index (χ3n) is 5.34. The molecule has 1 aromatic carbocycles. The fourth-order valence-electron chi connectivity index (χ4n) is 3.85. The molecule has 0 spiro atoms. The highest BCUT2D eigenvalue weighted by Gasteiger charge is 2.32. The van der Waals surface area contributed by atoms with Crippen LogP contribution in [0.15, 0.2) is 24.3 Å². The van der Waals surface area contributed by atoms with E-state index in [1.54, 1.807) is 0 Å². The van der Waals surface area contributed by atoms with E-state index in [-0.39, 0.29) is 5.92 Å². The molecule has 1 aliphatic heterocycles. The molecular formula is C19H24N2O3. The molecule has 1 fully saturated rings. The number of hydrogen-bond donors (Lipinski definition) is 3. The number of aliphatic hydroxyl groups is 2. The summed E-state index contributed by atoms with van der Waals surface area (Å²) in [5, 5.41) is 20.8. The summed E-state index contributed by atoms with van der Waals surface area (Å²) in [7, 11) is 0. The van der Waals surface area contributed by atoms with Gasteiger partial charge >= 0.3 is 0 Å². The number of aromatic nitrogens is 1. The monoisotopic (exact) mass is 328 g/mol. The molecule has 1 aromatic heterocycles. The summed E-state index contributed by atoms with van der Waals surface area (Å²) in [5.74, 6) is 1.03. The normalized spacial score (nSPS) is 26.8. The molecule has 5 nitrogen and oxygen atoms in total. The maximum atomic E-state index is 9.98. The van der Waals surface area contributed by atoms with Crippen molar-refractivity contribution in [3.05, 3.63) is 35.4 Å². The molecular weight excluding hydrogens is 304 g/mol. The highest BCUT2D eigenvalue weighted by atomic mass is 16.6. The Morgan fingerprint density at radius 2 is 2.12 bits per heavy atom. The van der Waals surface area contributed by atoms with Gasteiger partial charge in [-0.2, -0.15) is 0 Å². The average molecular weight is 328 g/mol. The molecule has 24 heavy (non-hydrogen) atoms. The second-order valence-electron chi connectivity index (χ2n) is 7.01. The molecule has 0 radical (unpaired) electrons. The van der Waals surface area contributed by atoms with Gasteiger partial charge < -0.3 is 10.2 Å². The Labute approximate surface area is 141 Å². The number of hydrogen-bond acceptors (Lipinski definition) is 5. The maximum absolute atomic E-state index is 9.98. The molecule has 2 aliphatic rings. The van der Waals surface area contributed by atoms with E-state index in [4.69, 9.17) is 9.82 Å². The standard InChI is InChI=1S/C19H24N2O3/c22-17-8-7-13(18(17)23)5-3-12-4-6-14-11-15-2-1-9-24-21-19(15)20-16(14)10-12/h4,6,10-11,13,17-18,22-23H,1-3,5,7-9H2,(H,20,21). The van der Waals surface area contributed by atoms with Crippen molar-refractivity contribution in [1.82, 2.24) is 4.98 Å². The van der Waals surface area contributed by atoms with Gasteiger partial charge in [0.2, 0.25) is 0 Å². The van der Waals surface area contributed by atoms with E-state index in [0.717, 1.165) is 48.8 Å². The van der Waals surface area contributed by atoms with Crippen LogP contribution >= 0.6 is 0 Å². The van der Waals surface area contributed by atoms with Crippen LogP contribution in [-0.2, 0) is 17.7 Å². The minimum atomic E-state index is -0.569. The Morgan fingerprint density at radius 3 is 2.96 bits per heavy atom. The van der Waals surface area contributed by atoms with Crippen LogP contribution in [0.4, 0.5) is 5.82 Å². The fraction of sp³-hybridized carbons (Fsp3) is 0.526. The van der Waals surface area contributed by atoms with Crippen molar-refractivity contribution in [1.29, 1.82) is 0 Å². The van der Waals surface area contributed by atoms with Gasteiger partial charge in [0.25, 0.3) is 0 Å². The number of aryl methyl sites for hydroxylation is 2. The predicted octanol–water partition coefficient (Wildman–Crippen LogP) is 2.59. The minimum absolute atomic E-state index is 0.200. The second-order valence-corrected chi connectivity index (χ2v) is 7.01. The Bertz CT molecular complexity index is 734. The first-order valence-electron chi connectivity index (χ1n) is 8.87. The van der Waals surface area contributed by atoms with Crippen molar-refractivity contribution in [2.45, 2.75) is 50.7 Å². The van der Waals surface area contributed by atoms with Gasteiger partial charge in [0.15, 0.2) is 5.82 Å². The van der Waals surface area contributed by atoms with Gasteiger partial charge in [-0.05, 0) is 67.7 Å². The van der Waals surface area contributed by atoms with Crippen molar-refractivity contribution in [2.75, 3.05) is 12.1 Å². The fourth-order valence-corrected chi connectivity index (χ4v) is 3.85. The molecule has 3 unspecified atom stereocenters. The topological polar surface area (TPSA) is 74.6 Å². The average Bonchev–Trinajstić information content (AvgIpc) is 2.78. The highest BCUT2D eigenvalue weighted by molar-refractivity contribution is 5.82. The number of rotatable bonds is 3. The lowest BCUT2D eigenvalue weighted by molar-refractivity contribution is 0.0189. The summed E-state index contributed by atoms with van der Waals surface area (Å²) in [4.78, 5) is 10.1. The number of nitrogens with one attached hydrogen (secondary N) is 1. The van der Waals surface area contributed by atoms with E-state index in [9.17, 15) is 10.2 Å². The molecule has 2 aromatic rings. The van der Waals surface area contributed by atoms with Crippen LogP contribution in [0.1, 0.15) is 36.8 Å². The second kappa shape index (κ2) is 6.67. The summed E-state index contributed by atoms with van der Waals surface area (Å²) in [6.07, 6.45) is 4.28. The summed E-state index contributed by atoms with van der Waals surface area (Å²) >= 11 is 0. The highest BCUT2D eigenvalue weighted by Crippen LogP contribution is 2.30. The van der Waals surface area contributed by atoms with Crippen LogP contribution in [0.5, 0.6) is 0 Å². The molecule has 4 rings (SSSR count). The summed E-state index contributed by atoms with van der Waals surface area (Å²) < 4.78 is 0. The lowest BCUT2D eigenvalue weighted by Gasteiger charge is -2.16. The van der Waals surface area contributed by atoms with Crippen LogP contribution in [0.2, 0.25) is 0 Å². The number of benzene rings is 1. The van der Waals surface area contributed by atoms with Crippen LogP contribution in [0.25, 0.3) is 10.9 Å². The Kier molecular flexibility index (Phi) is 4.39. The van der Waals surface area contributed by atoms with Gasteiger partial charge in [0.1, 0.15) is 0 Å². The summed E-state index contributed by atoms with van der Waals surface area (Å²) in [5.41, 5.74) is 6.35. The van der Waals surface area contributed by atoms with Gasteiger partial charge in [0.05, 0.1) is 24.3 Å². The van der Waals surface area contributed by atoms with E-state index in [1.165, 1.54) is 11.1 Å². The number of fused-ring (bicyclic) bond motifs is 2. The van der Waals surface area contributed by atoms with Crippen molar-refractivity contribution >= 4 is 16.7 Å². The molecule has 128 valence electrons. The smallest absolute Gasteiger partial charge is 0.153 e. The van der Waals surface area contributed by atoms with E-state index in [2.05, 4.69) is 29.7 Å². The summed E-state index contributed by atoms with van der Waals surface area (Å²) in [6.45, 7) is 0.702. The van der Waals surface area contributed by atoms with Gasteiger partial charge in [-0.1, -0.05) is 12.1 Å². The molecule has 0 saturated heterocycles. The molecule has 2 heterocycles. The van der Waals surface area contributed by atoms with Gasteiger partial charge in [-0.25, -0.2) is 10.5 Å². The molecule has 1 aliphatic carbocycles. The quantitative estimate of drug-likeness (QED) is 0.807. The van der Waals surface area contributed by atoms with Crippen LogP contribution in [0, 0.1) is 5.92 Å². The number of anilines is 1. The molecule has 3 N–H and O–H groups in total. The maximum Gasteiger partial charge on any atom is 0.153 e. The van der Waals surface area contributed by atoms with E-state index < -0.39 is 12.2 Å². The van der Waals surface area contributed by atoms with E-state index >= 15 is 0 Å². The SMILES string of the molecule is OC1CCC(CCc2ccc3cc4c(nc3c2)NOCCC4)C1O. The van der Waals surface area contributed by atoms with Gasteiger partial charge in [-0.3, -0.25) is 4.84 Å². The van der Waals surface area contributed by atoms with Crippen LogP contribution in [0.3, 0.4) is 0 Å². The predicted molar refractivity (Wildman–Crippen MR) is 92.7 cm³/mol. The summed E-state index contributed by atoms with van der Waals surface area (Å²) in [6, 6.07) is 8.60. The van der Waals surface area contributed by atoms with Crippen molar-refractivity contribution in [3.63, 3.8) is 0 Å². The number of nitrogens with zero attached hydrogens (tertiary/aromatic N) is 1. The third kappa shape index (κ3) is 3.11. The zero-order valence-corrected chi connectivity index (χ0v) is 13.7. The number of pyridine rings is 1. The molecule has 0 bridgehead atoms. The first-order valence-corrected chi connectivity index (χ1v) is 8.87. The minimum Gasteiger partial charge on any atom is -0.390 e. The Hall–Kier alpha value is -1.69.